The third-order valence-electron chi connectivity index (χ3n) is 4.71. The van der Waals surface area contributed by atoms with Crippen molar-refractivity contribution >= 4 is 5.69 Å². The quantitative estimate of drug-likeness (QED) is 0.607. The standard InChI is InChI=1S/C22H21N/c1-3-8-18(9-4-1)22(19-10-5-2-6-11-19)20-12-14-21(15-13-20)23-16-7-17-23/h1-6,8-15,22H,7,16-17H2. The summed E-state index contributed by atoms with van der Waals surface area (Å²) in [6.45, 7) is 2.39. The Hall–Kier alpha value is -2.54. The van der Waals surface area contributed by atoms with Crippen LogP contribution in [0.25, 0.3) is 0 Å². The van der Waals surface area contributed by atoms with Gasteiger partial charge in [0.05, 0.1) is 0 Å². The maximum absolute atomic E-state index is 2.43. The van der Waals surface area contributed by atoms with Crippen LogP contribution in [0.5, 0.6) is 0 Å². The minimum absolute atomic E-state index is 0.294. The molecule has 4 rings (SSSR count). The number of nitrogens with zero attached hydrogens (tertiary/aromatic N) is 1. The first-order valence-electron chi connectivity index (χ1n) is 8.36. The molecule has 0 unspecified atom stereocenters. The monoisotopic (exact) mass is 299 g/mol. The second-order valence-corrected chi connectivity index (χ2v) is 6.19. The highest BCUT2D eigenvalue weighted by atomic mass is 15.2. The van der Waals surface area contributed by atoms with Crippen LogP contribution in [0, 0.1) is 0 Å². The van der Waals surface area contributed by atoms with Crippen LogP contribution in [-0.4, -0.2) is 13.1 Å². The molecule has 1 nitrogen and oxygen atoms in total. The number of benzene rings is 3. The lowest BCUT2D eigenvalue weighted by Crippen LogP contribution is -2.36. The fourth-order valence-electron chi connectivity index (χ4n) is 3.32. The maximum Gasteiger partial charge on any atom is 0.0366 e. The smallest absolute Gasteiger partial charge is 0.0366 e. The lowest BCUT2D eigenvalue weighted by Gasteiger charge is -2.33. The Labute approximate surface area is 138 Å². The summed E-state index contributed by atoms with van der Waals surface area (Å²) in [5.74, 6) is 0.294. The summed E-state index contributed by atoms with van der Waals surface area (Å²) < 4.78 is 0. The van der Waals surface area contributed by atoms with Gasteiger partial charge in [-0.2, -0.15) is 0 Å². The Morgan fingerprint density at radius 2 is 1.04 bits per heavy atom. The van der Waals surface area contributed by atoms with Crippen molar-refractivity contribution in [2.24, 2.45) is 0 Å². The van der Waals surface area contributed by atoms with Crippen LogP contribution in [-0.2, 0) is 0 Å². The van der Waals surface area contributed by atoms with Crippen LogP contribution in [0.15, 0.2) is 84.9 Å². The average molecular weight is 299 g/mol. The van der Waals surface area contributed by atoms with Gasteiger partial charge in [-0.1, -0.05) is 72.8 Å². The zero-order valence-electron chi connectivity index (χ0n) is 13.2. The number of rotatable bonds is 4. The molecule has 3 aromatic carbocycles. The van der Waals surface area contributed by atoms with Crippen LogP contribution in [0.4, 0.5) is 5.69 Å². The molecule has 0 saturated carbocycles. The molecule has 1 saturated heterocycles. The predicted octanol–water partition coefficient (Wildman–Crippen LogP) is 5.08. The van der Waals surface area contributed by atoms with E-state index in [1.807, 2.05) is 0 Å². The van der Waals surface area contributed by atoms with Gasteiger partial charge in [0.1, 0.15) is 0 Å². The Balaban J connectivity index is 1.73. The first-order chi connectivity index (χ1) is 11.4. The van der Waals surface area contributed by atoms with E-state index in [2.05, 4.69) is 89.8 Å². The molecule has 3 aromatic rings. The lowest BCUT2D eigenvalue weighted by molar-refractivity contribution is 0.617. The number of anilines is 1. The van der Waals surface area contributed by atoms with Crippen LogP contribution in [0.1, 0.15) is 29.0 Å². The Kier molecular flexibility index (Phi) is 3.85. The third-order valence-corrected chi connectivity index (χ3v) is 4.71. The van der Waals surface area contributed by atoms with Gasteiger partial charge in [-0.05, 0) is 35.2 Å². The molecule has 1 heteroatoms. The summed E-state index contributed by atoms with van der Waals surface area (Å²) in [6.07, 6.45) is 1.32. The highest BCUT2D eigenvalue weighted by Crippen LogP contribution is 2.33. The van der Waals surface area contributed by atoms with Gasteiger partial charge in [0, 0.05) is 24.7 Å². The molecule has 23 heavy (non-hydrogen) atoms. The molecule has 0 aliphatic carbocycles. The van der Waals surface area contributed by atoms with Crippen LogP contribution in [0.3, 0.4) is 0 Å². The summed E-state index contributed by atoms with van der Waals surface area (Å²) in [6, 6.07) is 30.7. The van der Waals surface area contributed by atoms with Crippen molar-refractivity contribution in [3.63, 3.8) is 0 Å². The summed E-state index contributed by atoms with van der Waals surface area (Å²) in [4.78, 5) is 2.43. The number of hydrogen-bond acceptors (Lipinski definition) is 1. The molecule has 1 aliphatic rings. The van der Waals surface area contributed by atoms with Crippen LogP contribution >= 0.6 is 0 Å². The van der Waals surface area contributed by atoms with Gasteiger partial charge in [0.15, 0.2) is 0 Å². The summed E-state index contributed by atoms with van der Waals surface area (Å²) in [5, 5.41) is 0. The predicted molar refractivity (Wildman–Crippen MR) is 97.1 cm³/mol. The van der Waals surface area contributed by atoms with Crippen molar-refractivity contribution in [1.82, 2.24) is 0 Å². The lowest BCUT2D eigenvalue weighted by atomic mass is 9.85. The number of hydrogen-bond donors (Lipinski definition) is 0. The van der Waals surface area contributed by atoms with Gasteiger partial charge in [-0.25, -0.2) is 0 Å². The highest BCUT2D eigenvalue weighted by Gasteiger charge is 2.18. The first-order valence-corrected chi connectivity index (χ1v) is 8.36. The highest BCUT2D eigenvalue weighted by molar-refractivity contribution is 5.52. The fourth-order valence-corrected chi connectivity index (χ4v) is 3.32. The fraction of sp³-hybridized carbons (Fsp3) is 0.182. The Bertz CT molecular complexity index is 703. The largest absolute Gasteiger partial charge is 0.371 e. The minimum atomic E-state index is 0.294. The van der Waals surface area contributed by atoms with E-state index in [1.54, 1.807) is 0 Å². The molecule has 1 heterocycles. The van der Waals surface area contributed by atoms with Gasteiger partial charge < -0.3 is 4.90 Å². The van der Waals surface area contributed by atoms with Gasteiger partial charge in [-0.15, -0.1) is 0 Å². The Morgan fingerprint density at radius 1 is 0.565 bits per heavy atom. The normalized spacial score (nSPS) is 13.9. The molecule has 1 fully saturated rings. The summed E-state index contributed by atoms with van der Waals surface area (Å²) in [5.41, 5.74) is 5.39. The van der Waals surface area contributed by atoms with Gasteiger partial charge in [0.25, 0.3) is 0 Å². The molecule has 1 aliphatic heterocycles. The zero-order chi connectivity index (χ0) is 15.5. The van der Waals surface area contributed by atoms with Crippen LogP contribution < -0.4 is 4.90 Å². The van der Waals surface area contributed by atoms with Gasteiger partial charge >= 0.3 is 0 Å². The maximum atomic E-state index is 2.43. The molecule has 0 bridgehead atoms. The van der Waals surface area contributed by atoms with E-state index in [-0.39, 0.29) is 0 Å². The molecule has 0 atom stereocenters. The third kappa shape index (κ3) is 2.87. The zero-order valence-corrected chi connectivity index (χ0v) is 13.2. The van der Waals surface area contributed by atoms with E-state index in [1.165, 1.54) is 41.9 Å². The molecule has 0 aromatic heterocycles. The van der Waals surface area contributed by atoms with Crippen LogP contribution in [0.2, 0.25) is 0 Å². The first kappa shape index (κ1) is 14.1. The SMILES string of the molecule is c1ccc(C(c2ccccc2)c2ccc(N3CCC3)cc2)cc1. The minimum Gasteiger partial charge on any atom is -0.371 e. The van der Waals surface area contributed by atoms with Gasteiger partial charge in [0.2, 0.25) is 0 Å². The summed E-state index contributed by atoms with van der Waals surface area (Å²) >= 11 is 0. The van der Waals surface area contributed by atoms with Crippen molar-refractivity contribution in [1.29, 1.82) is 0 Å². The van der Waals surface area contributed by atoms with Crippen molar-refractivity contribution in [3.05, 3.63) is 102 Å². The van der Waals surface area contributed by atoms with Crippen molar-refractivity contribution in [2.45, 2.75) is 12.3 Å². The second kappa shape index (κ2) is 6.29. The molecule has 0 radical (unpaired) electrons. The van der Waals surface area contributed by atoms with E-state index >= 15 is 0 Å². The molecule has 114 valence electrons. The second-order valence-electron chi connectivity index (χ2n) is 6.19. The average Bonchev–Trinajstić information content (AvgIpc) is 2.57. The van der Waals surface area contributed by atoms with E-state index in [0.717, 1.165) is 0 Å². The van der Waals surface area contributed by atoms with Crippen molar-refractivity contribution in [2.75, 3.05) is 18.0 Å². The van der Waals surface area contributed by atoms with E-state index in [0.29, 0.717) is 5.92 Å². The van der Waals surface area contributed by atoms with E-state index in [4.69, 9.17) is 0 Å². The summed E-state index contributed by atoms with van der Waals surface area (Å²) in [7, 11) is 0. The van der Waals surface area contributed by atoms with E-state index in [9.17, 15) is 0 Å². The Morgan fingerprint density at radius 3 is 1.48 bits per heavy atom. The molecule has 0 spiro atoms. The van der Waals surface area contributed by atoms with E-state index < -0.39 is 0 Å². The molecular formula is C22H21N. The van der Waals surface area contributed by atoms with Gasteiger partial charge in [-0.3, -0.25) is 0 Å². The molecular weight excluding hydrogens is 278 g/mol. The molecule has 0 amide bonds. The van der Waals surface area contributed by atoms with Crippen molar-refractivity contribution in [3.8, 4) is 0 Å². The molecule has 0 N–H and O–H groups in total. The van der Waals surface area contributed by atoms with Crippen molar-refractivity contribution < 1.29 is 0 Å². The topological polar surface area (TPSA) is 3.24 Å².